The fourth-order valence-electron chi connectivity index (χ4n) is 1.42. The summed E-state index contributed by atoms with van der Waals surface area (Å²) in [4.78, 5) is 23.4. The zero-order chi connectivity index (χ0) is 13.1. The van der Waals surface area contributed by atoms with Gasteiger partial charge in [0, 0.05) is 6.08 Å². The molecule has 0 saturated carbocycles. The zero-order valence-electron chi connectivity index (χ0n) is 9.48. The number of allylic oxidation sites excluding steroid dienone is 2. The largest absolute Gasteiger partial charge is 0.492 e. The van der Waals surface area contributed by atoms with E-state index in [1.807, 2.05) is 0 Å². The molecule has 0 aromatic heterocycles. The molecule has 0 aliphatic heterocycles. The minimum Gasteiger partial charge on any atom is -0.492 e. The summed E-state index contributed by atoms with van der Waals surface area (Å²) in [5.74, 6) is -0.947. The van der Waals surface area contributed by atoms with Gasteiger partial charge in [-0.2, -0.15) is 0 Å². The van der Waals surface area contributed by atoms with Crippen LogP contribution in [0.2, 0.25) is 0 Å². The molecule has 0 saturated heterocycles. The first kappa shape index (κ1) is 12.4. The number of hydrogen-bond acceptors (Lipinski definition) is 4. The molecule has 0 spiro atoms. The van der Waals surface area contributed by atoms with Gasteiger partial charge in [0.05, 0.1) is 7.11 Å². The molecule has 1 aromatic carbocycles. The number of Topliss-reactive ketones (excluding diaryl/α,β-unsaturated/α-hetero) is 1. The highest BCUT2D eigenvalue weighted by atomic mass is 35.5. The van der Waals surface area contributed by atoms with Gasteiger partial charge < -0.3 is 9.47 Å². The fraction of sp³-hybridized carbons (Fsp3) is 0.0769. The number of carbonyl (C=O) groups excluding carboxylic acids is 2. The number of benzene rings is 1. The first-order valence-corrected chi connectivity index (χ1v) is 5.48. The van der Waals surface area contributed by atoms with E-state index >= 15 is 0 Å². The molecule has 0 atom stereocenters. The highest BCUT2D eigenvalue weighted by Gasteiger charge is 2.30. The fourth-order valence-corrected chi connectivity index (χ4v) is 1.60. The van der Waals surface area contributed by atoms with Gasteiger partial charge in [-0.1, -0.05) is 29.8 Å². The van der Waals surface area contributed by atoms with Gasteiger partial charge in [0.25, 0.3) is 5.78 Å². The zero-order valence-corrected chi connectivity index (χ0v) is 10.2. The van der Waals surface area contributed by atoms with Crippen LogP contribution in [0.25, 0.3) is 0 Å². The number of rotatable bonds is 3. The van der Waals surface area contributed by atoms with Gasteiger partial charge in [-0.25, -0.2) is 0 Å². The van der Waals surface area contributed by atoms with Crippen molar-refractivity contribution >= 4 is 23.2 Å². The number of halogens is 1. The van der Waals surface area contributed by atoms with Gasteiger partial charge in [0.15, 0.2) is 5.76 Å². The van der Waals surface area contributed by atoms with Crippen molar-refractivity contribution in [1.82, 2.24) is 0 Å². The Labute approximate surface area is 108 Å². The molecule has 18 heavy (non-hydrogen) atoms. The maximum absolute atomic E-state index is 11.9. The van der Waals surface area contributed by atoms with E-state index in [0.717, 1.165) is 6.08 Å². The average molecular weight is 265 g/mol. The molecule has 0 radical (unpaired) electrons. The number of ether oxygens (including phenoxy) is 2. The highest BCUT2D eigenvalue weighted by molar-refractivity contribution is 6.48. The highest BCUT2D eigenvalue weighted by Crippen LogP contribution is 2.25. The molecule has 0 amide bonds. The third-order valence-electron chi connectivity index (χ3n) is 2.29. The Kier molecular flexibility index (Phi) is 3.48. The van der Waals surface area contributed by atoms with Crippen LogP contribution in [0.1, 0.15) is 0 Å². The Bertz CT molecular complexity index is 558. The third-order valence-corrected chi connectivity index (χ3v) is 2.65. The summed E-state index contributed by atoms with van der Waals surface area (Å²) in [6.45, 7) is 0. The third kappa shape index (κ3) is 2.28. The van der Waals surface area contributed by atoms with E-state index in [1.54, 1.807) is 30.3 Å². The minimum absolute atomic E-state index is 0.0877. The van der Waals surface area contributed by atoms with Crippen molar-refractivity contribution in [2.45, 2.75) is 0 Å². The molecule has 5 heteroatoms. The van der Waals surface area contributed by atoms with Crippen molar-refractivity contribution in [3.8, 4) is 5.75 Å². The van der Waals surface area contributed by atoms with Gasteiger partial charge in [0.2, 0.25) is 11.5 Å². The summed E-state index contributed by atoms with van der Waals surface area (Å²) in [5.41, 5.74) is 0. The molecule has 0 heterocycles. The second-order valence-corrected chi connectivity index (χ2v) is 3.84. The molecule has 1 aliphatic carbocycles. The summed E-state index contributed by atoms with van der Waals surface area (Å²) in [6.07, 6.45) is 1.04. The Morgan fingerprint density at radius 2 is 1.78 bits per heavy atom. The molecule has 2 rings (SSSR count). The van der Waals surface area contributed by atoms with Crippen molar-refractivity contribution in [3.05, 3.63) is 53.0 Å². The van der Waals surface area contributed by atoms with Gasteiger partial charge in [-0.05, 0) is 12.1 Å². The number of hydrogen-bond donors (Lipinski definition) is 0. The number of carbonyl (C=O) groups is 2. The first-order chi connectivity index (χ1) is 8.63. The predicted molar refractivity (Wildman–Crippen MR) is 65.1 cm³/mol. The van der Waals surface area contributed by atoms with E-state index in [9.17, 15) is 9.59 Å². The Hall–Kier alpha value is -2.07. The van der Waals surface area contributed by atoms with Crippen LogP contribution in [0.4, 0.5) is 0 Å². The van der Waals surface area contributed by atoms with Crippen LogP contribution < -0.4 is 4.74 Å². The van der Waals surface area contributed by atoms with E-state index in [-0.39, 0.29) is 16.6 Å². The first-order valence-electron chi connectivity index (χ1n) is 5.11. The summed E-state index contributed by atoms with van der Waals surface area (Å²) >= 11 is 5.78. The van der Waals surface area contributed by atoms with E-state index in [0.29, 0.717) is 5.75 Å². The molecule has 0 bridgehead atoms. The van der Waals surface area contributed by atoms with Crippen LogP contribution in [0.15, 0.2) is 53.0 Å². The molecule has 92 valence electrons. The lowest BCUT2D eigenvalue weighted by molar-refractivity contribution is -0.119. The molecule has 1 aromatic rings. The molecular weight excluding hydrogens is 256 g/mol. The Morgan fingerprint density at radius 3 is 2.39 bits per heavy atom. The van der Waals surface area contributed by atoms with Crippen molar-refractivity contribution in [2.24, 2.45) is 0 Å². The molecular formula is C13H9ClO4. The normalized spacial score (nSPS) is 15.6. The Morgan fingerprint density at radius 1 is 1.11 bits per heavy atom. The van der Waals surface area contributed by atoms with Crippen molar-refractivity contribution in [3.63, 3.8) is 0 Å². The van der Waals surface area contributed by atoms with Crippen LogP contribution in [-0.4, -0.2) is 18.7 Å². The van der Waals surface area contributed by atoms with Crippen molar-refractivity contribution in [1.29, 1.82) is 0 Å². The topological polar surface area (TPSA) is 52.6 Å². The maximum Gasteiger partial charge on any atom is 0.264 e. The number of para-hydroxylation sites is 1. The number of ketones is 2. The van der Waals surface area contributed by atoms with E-state index in [4.69, 9.17) is 21.1 Å². The lowest BCUT2D eigenvalue weighted by Crippen LogP contribution is -2.21. The quantitative estimate of drug-likeness (QED) is 0.786. The summed E-state index contributed by atoms with van der Waals surface area (Å²) in [5, 5.41) is -0.246. The molecule has 1 aliphatic rings. The lowest BCUT2D eigenvalue weighted by Gasteiger charge is -2.15. The minimum atomic E-state index is -0.550. The lowest BCUT2D eigenvalue weighted by atomic mass is 10.1. The second kappa shape index (κ2) is 5.06. The van der Waals surface area contributed by atoms with Crippen molar-refractivity contribution in [2.75, 3.05) is 7.11 Å². The molecule has 0 fully saturated rings. The van der Waals surface area contributed by atoms with E-state index < -0.39 is 11.6 Å². The summed E-state index contributed by atoms with van der Waals surface area (Å²) in [7, 11) is 1.30. The molecule has 0 N–H and O–H groups in total. The van der Waals surface area contributed by atoms with Gasteiger partial charge >= 0.3 is 0 Å². The summed E-state index contributed by atoms with van der Waals surface area (Å²) < 4.78 is 10.1. The van der Waals surface area contributed by atoms with Crippen LogP contribution in [-0.2, 0) is 14.3 Å². The average Bonchev–Trinajstić information content (AvgIpc) is 2.40. The van der Waals surface area contributed by atoms with E-state index in [2.05, 4.69) is 0 Å². The second-order valence-electron chi connectivity index (χ2n) is 3.46. The molecule has 0 unspecified atom stereocenters. The predicted octanol–water partition coefficient (Wildman–Crippen LogP) is 2.20. The molecule has 4 nitrogen and oxygen atoms in total. The van der Waals surface area contributed by atoms with Crippen LogP contribution >= 0.6 is 11.6 Å². The van der Waals surface area contributed by atoms with Crippen LogP contribution in [0, 0.1) is 0 Å². The smallest absolute Gasteiger partial charge is 0.264 e. The van der Waals surface area contributed by atoms with Crippen molar-refractivity contribution < 1.29 is 19.1 Å². The monoisotopic (exact) mass is 264 g/mol. The van der Waals surface area contributed by atoms with Gasteiger partial charge in [-0.15, -0.1) is 0 Å². The van der Waals surface area contributed by atoms with Gasteiger partial charge in [-0.3, -0.25) is 9.59 Å². The standard InChI is InChI=1S/C13H9ClO4/c1-17-10-7-9(15)11(14)13(12(10)16)18-8-5-3-2-4-6-8/h2-7H,1H3. The van der Waals surface area contributed by atoms with Gasteiger partial charge in [0.1, 0.15) is 10.8 Å². The number of methoxy groups -OCH3 is 1. The van der Waals surface area contributed by atoms with Crippen LogP contribution in [0.5, 0.6) is 5.75 Å². The Balaban J connectivity index is 2.34. The van der Waals surface area contributed by atoms with Crippen LogP contribution in [0.3, 0.4) is 0 Å². The maximum atomic E-state index is 11.9. The van der Waals surface area contributed by atoms with E-state index in [1.165, 1.54) is 7.11 Å². The summed E-state index contributed by atoms with van der Waals surface area (Å²) in [6, 6.07) is 8.59. The SMILES string of the molecule is COC1=CC(=O)C(Cl)=C(Oc2ccccc2)C1=O.